The molecule has 0 saturated heterocycles. The summed E-state index contributed by atoms with van der Waals surface area (Å²) in [6.45, 7) is 3.51. The minimum absolute atomic E-state index is 0.219. The first kappa shape index (κ1) is 13.6. The summed E-state index contributed by atoms with van der Waals surface area (Å²) in [5.74, 6) is -0.219. The molecule has 0 amide bonds. The highest BCUT2D eigenvalue weighted by Crippen LogP contribution is 2.16. The van der Waals surface area contributed by atoms with Gasteiger partial charge in [-0.2, -0.15) is 0 Å². The third-order valence-corrected chi connectivity index (χ3v) is 3.04. The molecule has 0 aliphatic rings. The Kier molecular flexibility index (Phi) is 5.95. The van der Waals surface area contributed by atoms with Crippen LogP contribution in [-0.2, 0) is 11.3 Å². The van der Waals surface area contributed by atoms with Crippen molar-refractivity contribution >= 4 is 15.9 Å². The third kappa shape index (κ3) is 4.60. The zero-order valence-electron chi connectivity index (χ0n) is 9.59. The fraction of sp³-hybridized carbons (Fsp3) is 0.500. The van der Waals surface area contributed by atoms with Crippen LogP contribution in [0.2, 0.25) is 0 Å². The molecule has 1 unspecified atom stereocenters. The molecule has 0 spiro atoms. The van der Waals surface area contributed by atoms with Crippen molar-refractivity contribution in [3.63, 3.8) is 0 Å². The quantitative estimate of drug-likeness (QED) is 0.869. The van der Waals surface area contributed by atoms with Crippen LogP contribution in [0.25, 0.3) is 0 Å². The van der Waals surface area contributed by atoms with Gasteiger partial charge in [-0.1, -0.05) is 6.07 Å². The highest BCUT2D eigenvalue weighted by Gasteiger charge is 2.03. The van der Waals surface area contributed by atoms with E-state index >= 15 is 0 Å². The number of benzene rings is 1. The Morgan fingerprint density at radius 2 is 2.25 bits per heavy atom. The summed E-state index contributed by atoms with van der Waals surface area (Å²) < 4.78 is 18.7. The van der Waals surface area contributed by atoms with Gasteiger partial charge in [-0.25, -0.2) is 4.39 Å². The van der Waals surface area contributed by atoms with Gasteiger partial charge in [0.15, 0.2) is 0 Å². The topological polar surface area (TPSA) is 21.3 Å². The second-order valence-corrected chi connectivity index (χ2v) is 4.67. The first-order chi connectivity index (χ1) is 7.63. The summed E-state index contributed by atoms with van der Waals surface area (Å²) >= 11 is 3.13. The van der Waals surface area contributed by atoms with Crippen LogP contribution in [-0.4, -0.2) is 19.8 Å². The lowest BCUT2D eigenvalue weighted by Crippen LogP contribution is -2.26. The second kappa shape index (κ2) is 6.99. The molecule has 4 heteroatoms. The summed E-state index contributed by atoms with van der Waals surface area (Å²) in [6, 6.07) is 5.54. The van der Waals surface area contributed by atoms with E-state index in [1.54, 1.807) is 19.2 Å². The molecule has 0 saturated carbocycles. The predicted octanol–water partition coefficient (Wildman–Crippen LogP) is 3.10. The maximum atomic E-state index is 13.2. The molecule has 0 aliphatic carbocycles. The van der Waals surface area contributed by atoms with Gasteiger partial charge < -0.3 is 10.1 Å². The van der Waals surface area contributed by atoms with Crippen LogP contribution in [0.15, 0.2) is 22.7 Å². The third-order valence-electron chi connectivity index (χ3n) is 2.39. The van der Waals surface area contributed by atoms with E-state index in [4.69, 9.17) is 4.74 Å². The molecule has 0 aliphatic heterocycles. The minimum Gasteiger partial charge on any atom is -0.385 e. The standard InChI is InChI=1S/C12H17BrFNO/c1-9(5-6-16-2)15-8-10-3-4-11(13)12(14)7-10/h3-4,7,9,15H,5-6,8H2,1-2H3. The van der Waals surface area contributed by atoms with E-state index in [2.05, 4.69) is 28.2 Å². The molecule has 1 N–H and O–H groups in total. The van der Waals surface area contributed by atoms with Gasteiger partial charge in [-0.05, 0) is 47.0 Å². The first-order valence-corrected chi connectivity index (χ1v) is 6.09. The van der Waals surface area contributed by atoms with E-state index in [1.807, 2.05) is 6.07 Å². The summed E-state index contributed by atoms with van der Waals surface area (Å²) in [6.07, 6.45) is 0.954. The maximum absolute atomic E-state index is 13.2. The van der Waals surface area contributed by atoms with E-state index in [9.17, 15) is 4.39 Å². The number of nitrogens with one attached hydrogen (secondary N) is 1. The fourth-order valence-electron chi connectivity index (χ4n) is 1.34. The van der Waals surface area contributed by atoms with Crippen molar-refractivity contribution in [1.82, 2.24) is 5.32 Å². The Morgan fingerprint density at radius 3 is 2.88 bits per heavy atom. The molecular weight excluding hydrogens is 273 g/mol. The largest absolute Gasteiger partial charge is 0.385 e. The molecule has 0 fully saturated rings. The van der Waals surface area contributed by atoms with Gasteiger partial charge in [0.2, 0.25) is 0 Å². The lowest BCUT2D eigenvalue weighted by atomic mass is 10.2. The molecule has 0 bridgehead atoms. The number of ether oxygens (including phenoxy) is 1. The number of rotatable bonds is 6. The molecule has 0 aromatic heterocycles. The van der Waals surface area contributed by atoms with Crippen LogP contribution in [0.4, 0.5) is 4.39 Å². The molecule has 2 nitrogen and oxygen atoms in total. The van der Waals surface area contributed by atoms with E-state index < -0.39 is 0 Å². The van der Waals surface area contributed by atoms with Crippen molar-refractivity contribution in [2.24, 2.45) is 0 Å². The van der Waals surface area contributed by atoms with Crippen molar-refractivity contribution in [2.45, 2.75) is 25.9 Å². The Bertz CT molecular complexity index is 333. The van der Waals surface area contributed by atoms with E-state index in [-0.39, 0.29) is 5.82 Å². The minimum atomic E-state index is -0.219. The zero-order valence-corrected chi connectivity index (χ0v) is 11.2. The van der Waals surface area contributed by atoms with E-state index in [0.717, 1.165) is 18.6 Å². The molecule has 1 aromatic carbocycles. The maximum Gasteiger partial charge on any atom is 0.137 e. The van der Waals surface area contributed by atoms with E-state index in [1.165, 1.54) is 0 Å². The van der Waals surface area contributed by atoms with Crippen LogP contribution in [0.5, 0.6) is 0 Å². The van der Waals surface area contributed by atoms with Gasteiger partial charge in [-0.15, -0.1) is 0 Å². The monoisotopic (exact) mass is 289 g/mol. The highest BCUT2D eigenvalue weighted by atomic mass is 79.9. The lowest BCUT2D eigenvalue weighted by Gasteiger charge is -2.13. The number of hydrogen-bond acceptors (Lipinski definition) is 2. The second-order valence-electron chi connectivity index (χ2n) is 3.81. The molecule has 16 heavy (non-hydrogen) atoms. The van der Waals surface area contributed by atoms with Crippen molar-refractivity contribution in [3.8, 4) is 0 Å². The van der Waals surface area contributed by atoms with E-state index in [0.29, 0.717) is 17.1 Å². The van der Waals surface area contributed by atoms with Gasteiger partial charge in [0.25, 0.3) is 0 Å². The van der Waals surface area contributed by atoms with Crippen LogP contribution in [0.3, 0.4) is 0 Å². The summed E-state index contributed by atoms with van der Waals surface area (Å²) in [4.78, 5) is 0. The van der Waals surface area contributed by atoms with Crippen LogP contribution in [0.1, 0.15) is 18.9 Å². The normalized spacial score (nSPS) is 12.8. The van der Waals surface area contributed by atoms with Crippen molar-refractivity contribution in [1.29, 1.82) is 0 Å². The molecule has 1 rings (SSSR count). The van der Waals surface area contributed by atoms with Crippen LogP contribution >= 0.6 is 15.9 Å². The molecule has 90 valence electrons. The average Bonchev–Trinajstić information content (AvgIpc) is 2.28. The Labute approximate surface area is 104 Å². The van der Waals surface area contributed by atoms with Crippen molar-refractivity contribution in [3.05, 3.63) is 34.1 Å². The Morgan fingerprint density at radius 1 is 1.50 bits per heavy atom. The van der Waals surface area contributed by atoms with Gasteiger partial charge >= 0.3 is 0 Å². The molecule has 1 aromatic rings. The molecular formula is C12H17BrFNO. The fourth-order valence-corrected chi connectivity index (χ4v) is 1.58. The predicted molar refractivity (Wildman–Crippen MR) is 66.9 cm³/mol. The summed E-state index contributed by atoms with van der Waals surface area (Å²) in [7, 11) is 1.69. The van der Waals surface area contributed by atoms with Gasteiger partial charge in [0.1, 0.15) is 5.82 Å². The molecule has 0 radical (unpaired) electrons. The smallest absolute Gasteiger partial charge is 0.137 e. The van der Waals surface area contributed by atoms with Crippen molar-refractivity contribution in [2.75, 3.05) is 13.7 Å². The molecule has 0 heterocycles. The van der Waals surface area contributed by atoms with Crippen molar-refractivity contribution < 1.29 is 9.13 Å². The lowest BCUT2D eigenvalue weighted by molar-refractivity contribution is 0.184. The highest BCUT2D eigenvalue weighted by molar-refractivity contribution is 9.10. The summed E-state index contributed by atoms with van der Waals surface area (Å²) in [5.41, 5.74) is 0.949. The first-order valence-electron chi connectivity index (χ1n) is 5.29. The SMILES string of the molecule is COCCC(C)NCc1ccc(Br)c(F)c1. The van der Waals surface area contributed by atoms with Crippen LogP contribution in [0, 0.1) is 5.82 Å². The van der Waals surface area contributed by atoms with Crippen LogP contribution < -0.4 is 5.32 Å². The molecule has 1 atom stereocenters. The van der Waals surface area contributed by atoms with Gasteiger partial charge in [0, 0.05) is 26.3 Å². The zero-order chi connectivity index (χ0) is 12.0. The number of hydrogen-bond donors (Lipinski definition) is 1. The van der Waals surface area contributed by atoms with Gasteiger partial charge in [0.05, 0.1) is 4.47 Å². The average molecular weight is 290 g/mol. The Hall–Kier alpha value is -0.450. The Balaban J connectivity index is 2.39. The van der Waals surface area contributed by atoms with Gasteiger partial charge in [-0.3, -0.25) is 0 Å². The number of halogens is 2. The summed E-state index contributed by atoms with van der Waals surface area (Å²) in [5, 5.41) is 3.32. The number of methoxy groups -OCH3 is 1.